The zero-order chi connectivity index (χ0) is 22.0. The van der Waals surface area contributed by atoms with Crippen molar-refractivity contribution >= 4 is 23.2 Å². The van der Waals surface area contributed by atoms with Gasteiger partial charge in [-0.2, -0.15) is 13.2 Å². The molecule has 31 heavy (non-hydrogen) atoms. The molecule has 156 valence electrons. The van der Waals surface area contributed by atoms with E-state index in [1.807, 2.05) is 30.3 Å². The van der Waals surface area contributed by atoms with Crippen molar-refractivity contribution in [1.82, 2.24) is 4.98 Å². The molecule has 3 aromatic carbocycles. The topological polar surface area (TPSA) is 55.1 Å². The molecule has 1 N–H and O–H groups in total. The predicted molar refractivity (Wildman–Crippen MR) is 112 cm³/mol. The van der Waals surface area contributed by atoms with E-state index >= 15 is 0 Å². The summed E-state index contributed by atoms with van der Waals surface area (Å²) in [5.74, 6) is -0.0532. The maximum absolute atomic E-state index is 13.4. The van der Waals surface area contributed by atoms with Crippen LogP contribution in [0.15, 0.2) is 83.4 Å². The average Bonchev–Trinajstić information content (AvgIpc) is 3.25. The lowest BCUT2D eigenvalue weighted by Gasteiger charge is -2.15. The van der Waals surface area contributed by atoms with Gasteiger partial charge in [0.05, 0.1) is 23.0 Å². The molecule has 4 rings (SSSR count). The van der Waals surface area contributed by atoms with Crippen molar-refractivity contribution in [1.29, 1.82) is 0 Å². The van der Waals surface area contributed by atoms with Crippen LogP contribution in [0.25, 0.3) is 22.8 Å². The average molecular weight is 443 g/mol. The third-order valence-corrected chi connectivity index (χ3v) is 4.74. The fraction of sp³-hybridized carbons (Fsp3) is 0.0435. The van der Waals surface area contributed by atoms with E-state index in [9.17, 15) is 18.0 Å². The molecule has 0 unspecified atom stereocenters. The molecule has 1 heterocycles. The van der Waals surface area contributed by atoms with E-state index in [0.717, 1.165) is 17.7 Å². The van der Waals surface area contributed by atoms with Gasteiger partial charge in [-0.15, -0.1) is 0 Å². The molecular formula is C23H14ClF3N2O2. The number of amides is 1. The summed E-state index contributed by atoms with van der Waals surface area (Å²) in [6.07, 6.45) is -3.15. The summed E-state index contributed by atoms with van der Waals surface area (Å²) < 4.78 is 45.9. The molecule has 8 heteroatoms. The van der Waals surface area contributed by atoms with E-state index in [4.69, 9.17) is 16.0 Å². The van der Waals surface area contributed by atoms with Crippen molar-refractivity contribution in [3.63, 3.8) is 0 Å². The van der Waals surface area contributed by atoms with Crippen LogP contribution in [-0.4, -0.2) is 10.9 Å². The van der Waals surface area contributed by atoms with Gasteiger partial charge < -0.3 is 9.73 Å². The number of hydrogen-bond donors (Lipinski definition) is 1. The minimum atomic E-state index is -4.68. The van der Waals surface area contributed by atoms with Crippen molar-refractivity contribution in [2.75, 3.05) is 5.32 Å². The second-order valence-corrected chi connectivity index (χ2v) is 7.02. The van der Waals surface area contributed by atoms with Gasteiger partial charge in [-0.25, -0.2) is 4.98 Å². The molecule has 0 saturated carbocycles. The summed E-state index contributed by atoms with van der Waals surface area (Å²) in [6.45, 7) is 0. The van der Waals surface area contributed by atoms with E-state index in [2.05, 4.69) is 10.3 Å². The number of halogens is 4. The molecule has 0 aliphatic carbocycles. The molecule has 0 radical (unpaired) electrons. The van der Waals surface area contributed by atoms with E-state index in [-0.39, 0.29) is 16.5 Å². The number of carbonyl (C=O) groups is 1. The summed E-state index contributed by atoms with van der Waals surface area (Å²) in [4.78, 5) is 17.1. The SMILES string of the molecule is O=C(Nc1ccc(Cl)cc1C(F)(F)F)c1ccccc1-c1ncc(-c2ccccc2)o1. The predicted octanol–water partition coefficient (Wildman–Crippen LogP) is 6.93. The largest absolute Gasteiger partial charge is 0.436 e. The van der Waals surface area contributed by atoms with Crippen LogP contribution in [0.3, 0.4) is 0 Å². The van der Waals surface area contributed by atoms with Gasteiger partial charge in [0, 0.05) is 16.1 Å². The number of oxazole rings is 1. The van der Waals surface area contributed by atoms with E-state index < -0.39 is 23.3 Å². The quantitative estimate of drug-likeness (QED) is 0.372. The fourth-order valence-electron chi connectivity index (χ4n) is 3.05. The van der Waals surface area contributed by atoms with Gasteiger partial charge in [-0.05, 0) is 30.3 Å². The standard InChI is InChI=1S/C23H14ClF3N2O2/c24-15-10-11-19(18(12-15)23(25,26)27)29-21(30)16-8-4-5-9-17(16)22-28-13-20(31-22)14-6-2-1-3-7-14/h1-13H,(H,29,30). The molecule has 4 aromatic rings. The lowest BCUT2D eigenvalue weighted by molar-refractivity contribution is -0.136. The van der Waals surface area contributed by atoms with Crippen molar-refractivity contribution in [2.45, 2.75) is 6.18 Å². The zero-order valence-electron chi connectivity index (χ0n) is 15.8. The molecule has 0 atom stereocenters. The minimum absolute atomic E-state index is 0.0843. The number of nitrogens with zero attached hydrogens (tertiary/aromatic N) is 1. The summed E-state index contributed by atoms with van der Waals surface area (Å²) in [5, 5.41) is 2.24. The number of nitrogens with one attached hydrogen (secondary N) is 1. The van der Waals surface area contributed by atoms with Crippen LogP contribution in [-0.2, 0) is 6.18 Å². The van der Waals surface area contributed by atoms with Crippen LogP contribution in [0.1, 0.15) is 15.9 Å². The van der Waals surface area contributed by atoms with Gasteiger partial charge in [0.25, 0.3) is 5.91 Å². The minimum Gasteiger partial charge on any atom is -0.436 e. The lowest BCUT2D eigenvalue weighted by atomic mass is 10.1. The lowest BCUT2D eigenvalue weighted by Crippen LogP contribution is -2.17. The molecule has 4 nitrogen and oxygen atoms in total. The van der Waals surface area contributed by atoms with Crippen LogP contribution in [0.4, 0.5) is 18.9 Å². The van der Waals surface area contributed by atoms with Crippen molar-refractivity contribution in [3.8, 4) is 22.8 Å². The highest BCUT2D eigenvalue weighted by atomic mass is 35.5. The second-order valence-electron chi connectivity index (χ2n) is 6.58. The third-order valence-electron chi connectivity index (χ3n) is 4.50. The molecular weight excluding hydrogens is 429 g/mol. The Labute approximate surface area is 180 Å². The number of alkyl halides is 3. The number of rotatable bonds is 4. The number of aromatic nitrogens is 1. The summed E-state index contributed by atoms with van der Waals surface area (Å²) in [6, 6.07) is 18.8. The molecule has 0 bridgehead atoms. The zero-order valence-corrected chi connectivity index (χ0v) is 16.5. The van der Waals surface area contributed by atoms with Crippen LogP contribution in [0.5, 0.6) is 0 Å². The van der Waals surface area contributed by atoms with Crippen LogP contribution < -0.4 is 5.32 Å². The highest BCUT2D eigenvalue weighted by Crippen LogP contribution is 2.37. The fourth-order valence-corrected chi connectivity index (χ4v) is 3.22. The van der Waals surface area contributed by atoms with E-state index in [0.29, 0.717) is 11.3 Å². The van der Waals surface area contributed by atoms with Gasteiger partial charge in [0.1, 0.15) is 0 Å². The highest BCUT2D eigenvalue weighted by Gasteiger charge is 2.34. The number of carbonyl (C=O) groups excluding carboxylic acids is 1. The molecule has 0 saturated heterocycles. The van der Waals surface area contributed by atoms with Gasteiger partial charge >= 0.3 is 6.18 Å². The second kappa shape index (κ2) is 8.28. The maximum Gasteiger partial charge on any atom is 0.418 e. The van der Waals surface area contributed by atoms with Gasteiger partial charge in [0.2, 0.25) is 5.89 Å². The Morgan fingerprint density at radius 3 is 2.42 bits per heavy atom. The van der Waals surface area contributed by atoms with Gasteiger partial charge in [-0.3, -0.25) is 4.79 Å². The van der Waals surface area contributed by atoms with Crippen LogP contribution >= 0.6 is 11.6 Å². The van der Waals surface area contributed by atoms with E-state index in [1.54, 1.807) is 18.2 Å². The maximum atomic E-state index is 13.4. The van der Waals surface area contributed by atoms with Crippen LogP contribution in [0.2, 0.25) is 5.02 Å². The van der Waals surface area contributed by atoms with Gasteiger partial charge in [0.15, 0.2) is 5.76 Å². The summed E-state index contributed by atoms with van der Waals surface area (Å²) in [5.41, 5.74) is -0.154. The first-order valence-corrected chi connectivity index (χ1v) is 9.49. The first kappa shape index (κ1) is 20.7. The first-order chi connectivity index (χ1) is 14.8. The Morgan fingerprint density at radius 2 is 1.68 bits per heavy atom. The molecule has 0 aliphatic heterocycles. The summed E-state index contributed by atoms with van der Waals surface area (Å²) in [7, 11) is 0. The molecule has 0 spiro atoms. The monoisotopic (exact) mass is 442 g/mol. The Balaban J connectivity index is 1.68. The molecule has 1 aromatic heterocycles. The smallest absolute Gasteiger partial charge is 0.418 e. The summed E-state index contributed by atoms with van der Waals surface area (Å²) >= 11 is 5.70. The Kier molecular flexibility index (Phi) is 5.52. The molecule has 0 aliphatic rings. The van der Waals surface area contributed by atoms with Gasteiger partial charge in [-0.1, -0.05) is 54.1 Å². The van der Waals surface area contributed by atoms with E-state index in [1.165, 1.54) is 18.3 Å². The van der Waals surface area contributed by atoms with Crippen LogP contribution in [0, 0.1) is 0 Å². The van der Waals surface area contributed by atoms with Crippen molar-refractivity contribution in [3.05, 3.63) is 95.1 Å². The van der Waals surface area contributed by atoms with Crippen molar-refractivity contribution < 1.29 is 22.4 Å². The molecule has 1 amide bonds. The number of anilines is 1. The molecule has 0 fully saturated rings. The first-order valence-electron chi connectivity index (χ1n) is 9.11. The third kappa shape index (κ3) is 4.46. The highest BCUT2D eigenvalue weighted by molar-refractivity contribution is 6.30. The van der Waals surface area contributed by atoms with Crippen molar-refractivity contribution in [2.24, 2.45) is 0 Å². The Hall–Kier alpha value is -3.58. The normalized spacial score (nSPS) is 11.4. The Morgan fingerprint density at radius 1 is 0.968 bits per heavy atom. The number of hydrogen-bond acceptors (Lipinski definition) is 3. The Bertz CT molecular complexity index is 1240. The number of benzene rings is 3.